The predicted octanol–water partition coefficient (Wildman–Crippen LogP) is 1.85. The van der Waals surface area contributed by atoms with E-state index in [9.17, 15) is 0 Å². The fraction of sp³-hybridized carbons (Fsp3) is 1.00. The Morgan fingerprint density at radius 2 is 2.00 bits per heavy atom. The van der Waals surface area contributed by atoms with Crippen molar-refractivity contribution in [2.45, 2.75) is 45.6 Å². The molecule has 2 heteroatoms. The van der Waals surface area contributed by atoms with Gasteiger partial charge in [0.2, 0.25) is 0 Å². The monoisotopic (exact) mass is 196 g/mol. The fourth-order valence-electron chi connectivity index (χ4n) is 2.69. The summed E-state index contributed by atoms with van der Waals surface area (Å²) in [5.74, 6) is 0.867. The molecular weight excluding hydrogens is 172 g/mol. The van der Waals surface area contributed by atoms with E-state index in [1.807, 2.05) is 0 Å². The molecule has 2 N–H and O–H groups in total. The minimum absolute atomic E-state index is 0.431. The van der Waals surface area contributed by atoms with Crippen molar-refractivity contribution in [2.75, 3.05) is 19.6 Å². The van der Waals surface area contributed by atoms with Gasteiger partial charge in [-0.3, -0.25) is 4.90 Å². The third kappa shape index (κ3) is 1.70. The first-order valence-corrected chi connectivity index (χ1v) is 5.93. The van der Waals surface area contributed by atoms with Crippen LogP contribution in [0, 0.1) is 11.3 Å². The van der Waals surface area contributed by atoms with Crippen LogP contribution in [-0.4, -0.2) is 30.1 Å². The average Bonchev–Trinajstić information content (AvgIpc) is 2.73. The second kappa shape index (κ2) is 3.21. The zero-order valence-corrected chi connectivity index (χ0v) is 9.84. The van der Waals surface area contributed by atoms with Gasteiger partial charge in [-0.1, -0.05) is 20.8 Å². The Labute approximate surface area is 87.8 Å². The normalized spacial score (nSPS) is 32.1. The number of nitrogens with zero attached hydrogens (tertiary/aromatic N) is 1. The van der Waals surface area contributed by atoms with Gasteiger partial charge >= 0.3 is 0 Å². The lowest BCUT2D eigenvalue weighted by molar-refractivity contribution is 0.184. The van der Waals surface area contributed by atoms with Gasteiger partial charge in [-0.05, 0) is 37.1 Å². The predicted molar refractivity (Wildman–Crippen MR) is 60.2 cm³/mol. The maximum Gasteiger partial charge on any atom is 0.0333 e. The third-order valence-electron chi connectivity index (χ3n) is 4.29. The van der Waals surface area contributed by atoms with Crippen molar-refractivity contribution in [3.05, 3.63) is 0 Å². The van der Waals surface area contributed by atoms with Crippen molar-refractivity contribution in [3.63, 3.8) is 0 Å². The molecule has 14 heavy (non-hydrogen) atoms. The van der Waals surface area contributed by atoms with Gasteiger partial charge in [-0.15, -0.1) is 0 Å². The van der Waals surface area contributed by atoms with E-state index < -0.39 is 0 Å². The SMILES string of the molecule is CC(C)(C)C1CCN(C2(CN)CC2)C1. The van der Waals surface area contributed by atoms with Gasteiger partial charge in [0.25, 0.3) is 0 Å². The van der Waals surface area contributed by atoms with Crippen LogP contribution in [0.1, 0.15) is 40.0 Å². The zero-order valence-electron chi connectivity index (χ0n) is 9.84. The zero-order chi connectivity index (χ0) is 10.4. The lowest BCUT2D eigenvalue weighted by Gasteiger charge is -2.30. The highest BCUT2D eigenvalue weighted by Crippen LogP contribution is 2.45. The molecule has 1 unspecified atom stereocenters. The molecule has 0 amide bonds. The Kier molecular flexibility index (Phi) is 2.39. The molecule has 1 heterocycles. The van der Waals surface area contributed by atoms with Gasteiger partial charge in [0.05, 0.1) is 0 Å². The quantitative estimate of drug-likeness (QED) is 0.730. The Morgan fingerprint density at radius 1 is 1.36 bits per heavy atom. The lowest BCUT2D eigenvalue weighted by Crippen LogP contribution is -2.42. The molecule has 0 radical (unpaired) electrons. The molecule has 0 aromatic heterocycles. The van der Waals surface area contributed by atoms with Gasteiger partial charge in [0.1, 0.15) is 0 Å². The fourth-order valence-corrected chi connectivity index (χ4v) is 2.69. The third-order valence-corrected chi connectivity index (χ3v) is 4.29. The minimum atomic E-state index is 0.431. The molecule has 2 nitrogen and oxygen atoms in total. The van der Waals surface area contributed by atoms with E-state index in [0.717, 1.165) is 12.5 Å². The molecule has 1 saturated heterocycles. The molecule has 2 fully saturated rings. The van der Waals surface area contributed by atoms with E-state index in [1.54, 1.807) is 0 Å². The second-order valence-electron chi connectivity index (χ2n) is 6.23. The molecule has 1 saturated carbocycles. The lowest BCUT2D eigenvalue weighted by atomic mass is 9.80. The van der Waals surface area contributed by atoms with Crippen LogP contribution in [0.15, 0.2) is 0 Å². The van der Waals surface area contributed by atoms with Crippen LogP contribution in [-0.2, 0) is 0 Å². The Balaban J connectivity index is 1.95. The summed E-state index contributed by atoms with van der Waals surface area (Å²) in [6, 6.07) is 0. The standard InChI is InChI=1S/C12H24N2/c1-11(2,3)10-4-7-14(8-10)12(9-13)5-6-12/h10H,4-9,13H2,1-3H3. The van der Waals surface area contributed by atoms with E-state index in [1.165, 1.54) is 32.4 Å². The van der Waals surface area contributed by atoms with Gasteiger partial charge in [0, 0.05) is 18.6 Å². The molecule has 0 aromatic carbocycles. The van der Waals surface area contributed by atoms with Crippen LogP contribution in [0.4, 0.5) is 0 Å². The maximum absolute atomic E-state index is 5.86. The second-order valence-corrected chi connectivity index (χ2v) is 6.23. The van der Waals surface area contributed by atoms with E-state index in [0.29, 0.717) is 11.0 Å². The number of hydrogen-bond donors (Lipinski definition) is 1. The number of nitrogens with two attached hydrogens (primary N) is 1. The average molecular weight is 196 g/mol. The Morgan fingerprint density at radius 3 is 2.36 bits per heavy atom. The minimum Gasteiger partial charge on any atom is -0.329 e. The highest BCUT2D eigenvalue weighted by molar-refractivity contribution is 5.07. The molecule has 2 aliphatic rings. The smallest absolute Gasteiger partial charge is 0.0333 e. The summed E-state index contributed by atoms with van der Waals surface area (Å²) in [7, 11) is 0. The molecule has 1 aliphatic carbocycles. The summed E-state index contributed by atoms with van der Waals surface area (Å²) in [6.07, 6.45) is 4.03. The first kappa shape index (κ1) is 10.4. The van der Waals surface area contributed by atoms with Crippen LogP contribution in [0.3, 0.4) is 0 Å². The van der Waals surface area contributed by atoms with E-state index >= 15 is 0 Å². The van der Waals surface area contributed by atoms with Crippen molar-refractivity contribution in [3.8, 4) is 0 Å². The van der Waals surface area contributed by atoms with Crippen LogP contribution >= 0.6 is 0 Å². The van der Waals surface area contributed by atoms with Gasteiger partial charge in [-0.25, -0.2) is 0 Å². The summed E-state index contributed by atoms with van der Waals surface area (Å²) >= 11 is 0. The van der Waals surface area contributed by atoms with Crippen molar-refractivity contribution in [2.24, 2.45) is 17.1 Å². The molecule has 1 aliphatic heterocycles. The van der Waals surface area contributed by atoms with E-state index in [2.05, 4.69) is 25.7 Å². The summed E-state index contributed by atoms with van der Waals surface area (Å²) in [6.45, 7) is 10.5. The highest BCUT2D eigenvalue weighted by atomic mass is 15.3. The van der Waals surface area contributed by atoms with Crippen molar-refractivity contribution < 1.29 is 0 Å². The van der Waals surface area contributed by atoms with Gasteiger partial charge in [0.15, 0.2) is 0 Å². The topological polar surface area (TPSA) is 29.3 Å². The largest absolute Gasteiger partial charge is 0.329 e. The Bertz CT molecular complexity index is 213. The molecule has 2 rings (SSSR count). The maximum atomic E-state index is 5.86. The van der Waals surface area contributed by atoms with Crippen LogP contribution in [0.5, 0.6) is 0 Å². The molecule has 1 atom stereocenters. The molecule has 82 valence electrons. The van der Waals surface area contributed by atoms with Crippen molar-refractivity contribution >= 4 is 0 Å². The van der Waals surface area contributed by atoms with Crippen LogP contribution < -0.4 is 5.73 Å². The highest BCUT2D eigenvalue weighted by Gasteiger charge is 2.49. The Hall–Kier alpha value is -0.0800. The molecular formula is C12H24N2. The van der Waals surface area contributed by atoms with Crippen LogP contribution in [0.25, 0.3) is 0 Å². The first-order valence-electron chi connectivity index (χ1n) is 5.93. The van der Waals surface area contributed by atoms with Crippen molar-refractivity contribution in [1.82, 2.24) is 4.90 Å². The molecule has 0 spiro atoms. The van der Waals surface area contributed by atoms with Crippen LogP contribution in [0.2, 0.25) is 0 Å². The number of likely N-dealkylation sites (tertiary alicyclic amines) is 1. The van der Waals surface area contributed by atoms with E-state index in [4.69, 9.17) is 5.73 Å². The van der Waals surface area contributed by atoms with Crippen molar-refractivity contribution in [1.29, 1.82) is 0 Å². The molecule has 0 bridgehead atoms. The number of hydrogen-bond acceptors (Lipinski definition) is 2. The van der Waals surface area contributed by atoms with Gasteiger partial charge < -0.3 is 5.73 Å². The van der Waals surface area contributed by atoms with E-state index in [-0.39, 0.29) is 0 Å². The molecule has 0 aromatic rings. The number of rotatable bonds is 2. The summed E-state index contributed by atoms with van der Waals surface area (Å²) in [5, 5.41) is 0. The van der Waals surface area contributed by atoms with Gasteiger partial charge in [-0.2, -0.15) is 0 Å². The first-order chi connectivity index (χ1) is 6.48. The summed E-state index contributed by atoms with van der Waals surface area (Å²) in [4.78, 5) is 2.66. The summed E-state index contributed by atoms with van der Waals surface area (Å²) in [5.41, 5.74) is 6.76. The summed E-state index contributed by atoms with van der Waals surface area (Å²) < 4.78 is 0.